The average molecular weight is 452 g/mol. The van der Waals surface area contributed by atoms with Crippen LogP contribution in [0.5, 0.6) is 5.75 Å². The quantitative estimate of drug-likeness (QED) is 0.750. The second kappa shape index (κ2) is 9.24. The molecule has 0 spiro atoms. The van der Waals surface area contributed by atoms with Gasteiger partial charge in [0.15, 0.2) is 6.61 Å². The molecule has 0 aromatic heterocycles. The number of carbonyl (C=O) groups is 2. The number of carbonyl (C=O) groups excluding carboxylic acids is 2. The van der Waals surface area contributed by atoms with Crippen LogP contribution >= 0.6 is 27.5 Å². The van der Waals surface area contributed by atoms with E-state index >= 15 is 0 Å². The highest BCUT2D eigenvalue weighted by Crippen LogP contribution is 2.27. The summed E-state index contributed by atoms with van der Waals surface area (Å²) >= 11 is 9.43. The minimum absolute atomic E-state index is 0.0532. The van der Waals surface area contributed by atoms with Gasteiger partial charge in [0.05, 0.1) is 5.02 Å². The van der Waals surface area contributed by atoms with E-state index in [4.69, 9.17) is 16.3 Å². The minimum atomic E-state index is -0.0816. The monoisotopic (exact) mass is 450 g/mol. The molecule has 0 bridgehead atoms. The zero-order valence-electron chi connectivity index (χ0n) is 14.7. The Morgan fingerprint density at radius 1 is 1.15 bits per heavy atom. The maximum Gasteiger partial charge on any atom is 0.260 e. The zero-order chi connectivity index (χ0) is 19.2. The third-order valence-electron chi connectivity index (χ3n) is 4.46. The van der Waals surface area contributed by atoms with Crippen molar-refractivity contribution in [2.24, 2.45) is 0 Å². The lowest BCUT2D eigenvalue weighted by Gasteiger charge is -2.32. The molecule has 2 amide bonds. The number of benzene rings is 2. The standard InChI is InChI=1S/C20H20BrClN2O3/c21-15-6-7-18(17(22)12-15)27-13-19(25)24-10-8-16(9-11-24)23-20(26)14-4-2-1-3-5-14/h1-7,12,16H,8-11,13H2,(H,23,26). The van der Waals surface area contributed by atoms with Gasteiger partial charge in [-0.05, 0) is 43.2 Å². The van der Waals surface area contributed by atoms with Gasteiger partial charge in [0.2, 0.25) is 0 Å². The summed E-state index contributed by atoms with van der Waals surface area (Å²) in [6.45, 7) is 1.13. The number of ether oxygens (including phenoxy) is 1. The summed E-state index contributed by atoms with van der Waals surface area (Å²) in [7, 11) is 0. The number of nitrogens with zero attached hydrogens (tertiary/aromatic N) is 1. The van der Waals surface area contributed by atoms with E-state index in [-0.39, 0.29) is 24.5 Å². The van der Waals surface area contributed by atoms with Crippen molar-refractivity contribution in [1.82, 2.24) is 10.2 Å². The first kappa shape index (κ1) is 19.7. The molecule has 1 aliphatic rings. The first-order valence-electron chi connectivity index (χ1n) is 8.74. The van der Waals surface area contributed by atoms with Crippen molar-refractivity contribution >= 4 is 39.3 Å². The van der Waals surface area contributed by atoms with E-state index in [0.717, 1.165) is 17.3 Å². The minimum Gasteiger partial charge on any atom is -0.482 e. The molecular weight excluding hydrogens is 432 g/mol. The predicted molar refractivity (Wildman–Crippen MR) is 108 cm³/mol. The Hall–Kier alpha value is -2.05. The van der Waals surface area contributed by atoms with Gasteiger partial charge in [-0.25, -0.2) is 0 Å². The Morgan fingerprint density at radius 2 is 1.85 bits per heavy atom. The van der Waals surface area contributed by atoms with Crippen LogP contribution < -0.4 is 10.1 Å². The van der Waals surface area contributed by atoms with Gasteiger partial charge >= 0.3 is 0 Å². The van der Waals surface area contributed by atoms with Crippen LogP contribution in [0.25, 0.3) is 0 Å². The van der Waals surface area contributed by atoms with Crippen molar-refractivity contribution in [2.45, 2.75) is 18.9 Å². The molecule has 5 nitrogen and oxygen atoms in total. The molecule has 1 N–H and O–H groups in total. The maximum absolute atomic E-state index is 12.4. The number of hydrogen-bond acceptors (Lipinski definition) is 3. The van der Waals surface area contributed by atoms with E-state index < -0.39 is 0 Å². The number of amides is 2. The Balaban J connectivity index is 1.44. The van der Waals surface area contributed by atoms with Crippen molar-refractivity contribution < 1.29 is 14.3 Å². The second-order valence-electron chi connectivity index (χ2n) is 6.36. The number of rotatable bonds is 5. The normalized spacial score (nSPS) is 14.7. The number of piperidine rings is 1. The van der Waals surface area contributed by atoms with Crippen LogP contribution in [-0.2, 0) is 4.79 Å². The summed E-state index contributed by atoms with van der Waals surface area (Å²) in [5.74, 6) is 0.327. The molecule has 0 saturated carbocycles. The van der Waals surface area contributed by atoms with E-state index in [9.17, 15) is 9.59 Å². The van der Waals surface area contributed by atoms with Crippen molar-refractivity contribution in [2.75, 3.05) is 19.7 Å². The fraction of sp³-hybridized carbons (Fsp3) is 0.300. The summed E-state index contributed by atoms with van der Waals surface area (Å²) in [6.07, 6.45) is 1.45. The molecule has 1 aliphatic heterocycles. The predicted octanol–water partition coefficient (Wildman–Crippen LogP) is 3.90. The van der Waals surface area contributed by atoms with Gasteiger partial charge in [-0.15, -0.1) is 0 Å². The molecule has 1 heterocycles. The SMILES string of the molecule is O=C(NC1CCN(C(=O)COc2ccc(Br)cc2Cl)CC1)c1ccccc1. The van der Waals surface area contributed by atoms with E-state index in [1.165, 1.54) is 0 Å². The third-order valence-corrected chi connectivity index (χ3v) is 5.25. The molecule has 2 aromatic carbocycles. The number of nitrogens with one attached hydrogen (secondary N) is 1. The van der Waals surface area contributed by atoms with E-state index in [0.29, 0.717) is 29.4 Å². The highest BCUT2D eigenvalue weighted by molar-refractivity contribution is 9.10. The molecule has 0 atom stereocenters. The Labute approximate surface area is 171 Å². The Morgan fingerprint density at radius 3 is 2.52 bits per heavy atom. The molecule has 3 rings (SSSR count). The fourth-order valence-electron chi connectivity index (χ4n) is 2.95. The Bertz CT molecular complexity index is 808. The van der Waals surface area contributed by atoms with Gasteiger partial charge in [0.1, 0.15) is 5.75 Å². The summed E-state index contributed by atoms with van der Waals surface area (Å²) in [5.41, 5.74) is 0.649. The lowest BCUT2D eigenvalue weighted by atomic mass is 10.0. The first-order chi connectivity index (χ1) is 13.0. The molecule has 1 fully saturated rings. The highest BCUT2D eigenvalue weighted by atomic mass is 79.9. The molecule has 142 valence electrons. The fourth-order valence-corrected chi connectivity index (χ4v) is 3.68. The zero-order valence-corrected chi connectivity index (χ0v) is 17.0. The van der Waals surface area contributed by atoms with Gasteiger partial charge in [-0.2, -0.15) is 0 Å². The molecule has 2 aromatic rings. The van der Waals surface area contributed by atoms with Crippen LogP contribution in [0.1, 0.15) is 23.2 Å². The van der Waals surface area contributed by atoms with Crippen LogP contribution in [0.15, 0.2) is 53.0 Å². The van der Waals surface area contributed by atoms with E-state index in [1.54, 1.807) is 29.2 Å². The van der Waals surface area contributed by atoms with E-state index in [1.807, 2.05) is 24.3 Å². The van der Waals surface area contributed by atoms with Crippen molar-refractivity contribution in [3.8, 4) is 5.75 Å². The third kappa shape index (κ3) is 5.47. The van der Waals surface area contributed by atoms with Crippen LogP contribution in [0.4, 0.5) is 0 Å². The molecule has 27 heavy (non-hydrogen) atoms. The average Bonchev–Trinajstić information content (AvgIpc) is 2.68. The molecule has 0 unspecified atom stereocenters. The largest absolute Gasteiger partial charge is 0.482 e. The molecule has 7 heteroatoms. The lowest BCUT2D eigenvalue weighted by Crippen LogP contribution is -2.47. The molecule has 0 radical (unpaired) electrons. The van der Waals surface area contributed by atoms with Gasteiger partial charge in [-0.3, -0.25) is 9.59 Å². The van der Waals surface area contributed by atoms with Crippen LogP contribution in [-0.4, -0.2) is 42.5 Å². The molecule has 0 aliphatic carbocycles. The van der Waals surface area contributed by atoms with E-state index in [2.05, 4.69) is 21.2 Å². The Kier molecular flexibility index (Phi) is 6.74. The topological polar surface area (TPSA) is 58.6 Å². The maximum atomic E-state index is 12.4. The highest BCUT2D eigenvalue weighted by Gasteiger charge is 2.24. The van der Waals surface area contributed by atoms with Crippen LogP contribution in [0, 0.1) is 0 Å². The van der Waals surface area contributed by atoms with Gasteiger partial charge in [-0.1, -0.05) is 45.7 Å². The summed E-state index contributed by atoms with van der Waals surface area (Å²) < 4.78 is 6.39. The van der Waals surface area contributed by atoms with Crippen LogP contribution in [0.3, 0.4) is 0 Å². The number of hydrogen-bond donors (Lipinski definition) is 1. The first-order valence-corrected chi connectivity index (χ1v) is 9.91. The second-order valence-corrected chi connectivity index (χ2v) is 7.68. The van der Waals surface area contributed by atoms with Gasteiger partial charge < -0.3 is 15.0 Å². The molecular formula is C20H20BrClN2O3. The lowest BCUT2D eigenvalue weighted by molar-refractivity contribution is -0.134. The van der Waals surface area contributed by atoms with Crippen LogP contribution in [0.2, 0.25) is 5.02 Å². The van der Waals surface area contributed by atoms with Crippen molar-refractivity contribution in [1.29, 1.82) is 0 Å². The van der Waals surface area contributed by atoms with Crippen molar-refractivity contribution in [3.63, 3.8) is 0 Å². The van der Waals surface area contributed by atoms with Crippen molar-refractivity contribution in [3.05, 3.63) is 63.6 Å². The van der Waals surface area contributed by atoms with Gasteiger partial charge in [0, 0.05) is 29.2 Å². The van der Waals surface area contributed by atoms with Gasteiger partial charge in [0.25, 0.3) is 11.8 Å². The number of halogens is 2. The summed E-state index contributed by atoms with van der Waals surface area (Å²) in [6, 6.07) is 14.5. The smallest absolute Gasteiger partial charge is 0.260 e. The number of likely N-dealkylation sites (tertiary alicyclic amines) is 1. The summed E-state index contributed by atoms with van der Waals surface area (Å²) in [5, 5.41) is 3.49. The summed E-state index contributed by atoms with van der Waals surface area (Å²) in [4.78, 5) is 26.3. The molecule has 1 saturated heterocycles.